The molecule has 1 aromatic rings. The third-order valence-electron chi connectivity index (χ3n) is 3.41. The van der Waals surface area contributed by atoms with E-state index in [4.69, 9.17) is 10.8 Å². The number of nitrogens with zero attached hydrogens (tertiary/aromatic N) is 2. The molecule has 1 saturated heterocycles. The van der Waals surface area contributed by atoms with E-state index in [1.54, 1.807) is 4.90 Å². The zero-order valence-corrected chi connectivity index (χ0v) is 11.1. The minimum absolute atomic E-state index is 0.0295. The summed E-state index contributed by atoms with van der Waals surface area (Å²) in [6.45, 7) is 2.40. The molecule has 1 heterocycles. The van der Waals surface area contributed by atoms with Gasteiger partial charge in [0.1, 0.15) is 0 Å². The first-order chi connectivity index (χ1) is 9.24. The van der Waals surface area contributed by atoms with Gasteiger partial charge in [-0.25, -0.2) is 4.79 Å². The number of rotatable bonds is 6. The second-order valence-electron chi connectivity index (χ2n) is 4.76. The molecule has 0 spiro atoms. The van der Waals surface area contributed by atoms with Gasteiger partial charge in [-0.3, -0.25) is 4.90 Å². The van der Waals surface area contributed by atoms with Crippen molar-refractivity contribution in [3.63, 3.8) is 0 Å². The van der Waals surface area contributed by atoms with Crippen molar-refractivity contribution in [3.05, 3.63) is 24.3 Å². The summed E-state index contributed by atoms with van der Waals surface area (Å²) in [5.74, 6) is 0. The second kappa shape index (κ2) is 6.43. The van der Waals surface area contributed by atoms with E-state index in [9.17, 15) is 4.79 Å². The molecule has 0 saturated carbocycles. The van der Waals surface area contributed by atoms with E-state index in [1.807, 2.05) is 29.2 Å². The molecule has 1 aromatic carbocycles. The molecule has 0 radical (unpaired) electrons. The molecular weight excluding hydrogens is 242 g/mol. The van der Waals surface area contributed by atoms with Crippen molar-refractivity contribution in [2.24, 2.45) is 0 Å². The fourth-order valence-electron chi connectivity index (χ4n) is 2.34. The molecule has 3 N–H and O–H groups in total. The lowest BCUT2D eigenvalue weighted by atomic mass is 10.2. The van der Waals surface area contributed by atoms with Crippen molar-refractivity contribution in [3.8, 4) is 0 Å². The van der Waals surface area contributed by atoms with Gasteiger partial charge in [-0.15, -0.1) is 0 Å². The van der Waals surface area contributed by atoms with Gasteiger partial charge in [0.05, 0.1) is 11.4 Å². The third-order valence-corrected chi connectivity index (χ3v) is 3.41. The predicted molar refractivity (Wildman–Crippen MR) is 76.1 cm³/mol. The molecule has 5 heteroatoms. The van der Waals surface area contributed by atoms with E-state index in [0.29, 0.717) is 12.2 Å². The summed E-state index contributed by atoms with van der Waals surface area (Å²) in [6, 6.07) is 7.48. The van der Waals surface area contributed by atoms with Crippen LogP contribution >= 0.6 is 0 Å². The Balaban J connectivity index is 1.93. The van der Waals surface area contributed by atoms with Gasteiger partial charge in [-0.1, -0.05) is 12.1 Å². The van der Waals surface area contributed by atoms with Crippen molar-refractivity contribution < 1.29 is 9.90 Å². The Morgan fingerprint density at radius 3 is 2.68 bits per heavy atom. The van der Waals surface area contributed by atoms with E-state index in [-0.39, 0.29) is 12.6 Å². The van der Waals surface area contributed by atoms with Gasteiger partial charge < -0.3 is 15.7 Å². The van der Waals surface area contributed by atoms with Crippen LogP contribution in [0.15, 0.2) is 24.3 Å². The monoisotopic (exact) mass is 263 g/mol. The summed E-state index contributed by atoms with van der Waals surface area (Å²) < 4.78 is 0. The van der Waals surface area contributed by atoms with Crippen LogP contribution in [-0.4, -0.2) is 42.3 Å². The first-order valence-electron chi connectivity index (χ1n) is 6.76. The Kier molecular flexibility index (Phi) is 4.63. The summed E-state index contributed by atoms with van der Waals surface area (Å²) in [6.07, 6.45) is 2.69. The molecule has 0 unspecified atom stereocenters. The number of hydrogen-bond donors (Lipinski definition) is 2. The van der Waals surface area contributed by atoms with Gasteiger partial charge in [0.2, 0.25) is 0 Å². The average molecular weight is 263 g/mol. The highest BCUT2D eigenvalue weighted by Gasteiger charge is 2.29. The number of unbranched alkanes of at least 4 members (excludes halogenated alkanes) is 2. The Morgan fingerprint density at radius 2 is 1.95 bits per heavy atom. The number of nitrogen functional groups attached to an aromatic ring is 1. The molecule has 1 aliphatic rings. The average Bonchev–Trinajstić information content (AvgIpc) is 2.77. The van der Waals surface area contributed by atoms with Crippen LogP contribution in [0, 0.1) is 0 Å². The van der Waals surface area contributed by atoms with Gasteiger partial charge in [0, 0.05) is 26.2 Å². The van der Waals surface area contributed by atoms with Crippen molar-refractivity contribution in [1.29, 1.82) is 0 Å². The summed E-state index contributed by atoms with van der Waals surface area (Å²) in [7, 11) is 0. The maximum atomic E-state index is 12.3. The van der Waals surface area contributed by atoms with Crippen molar-refractivity contribution in [1.82, 2.24) is 4.90 Å². The summed E-state index contributed by atoms with van der Waals surface area (Å²) >= 11 is 0. The number of nitrogens with two attached hydrogens (primary N) is 1. The van der Waals surface area contributed by atoms with E-state index in [0.717, 1.165) is 38.0 Å². The molecule has 104 valence electrons. The number of amides is 2. The van der Waals surface area contributed by atoms with E-state index >= 15 is 0 Å². The lowest BCUT2D eigenvalue weighted by Gasteiger charge is -2.19. The lowest BCUT2D eigenvalue weighted by molar-refractivity contribution is 0.218. The first-order valence-corrected chi connectivity index (χ1v) is 6.76. The largest absolute Gasteiger partial charge is 0.397 e. The predicted octanol–water partition coefficient (Wildman–Crippen LogP) is 1.67. The minimum Gasteiger partial charge on any atom is -0.397 e. The van der Waals surface area contributed by atoms with Gasteiger partial charge in [-0.2, -0.15) is 0 Å². The van der Waals surface area contributed by atoms with Crippen molar-refractivity contribution in [2.45, 2.75) is 19.3 Å². The zero-order chi connectivity index (χ0) is 13.7. The molecule has 1 fully saturated rings. The number of para-hydroxylation sites is 2. The number of benzene rings is 1. The number of aliphatic hydroxyl groups is 1. The highest BCUT2D eigenvalue weighted by atomic mass is 16.3. The third kappa shape index (κ3) is 3.17. The molecule has 19 heavy (non-hydrogen) atoms. The van der Waals surface area contributed by atoms with Gasteiger partial charge in [0.15, 0.2) is 0 Å². The molecule has 1 aliphatic heterocycles. The number of urea groups is 1. The van der Waals surface area contributed by atoms with Crippen LogP contribution in [0.1, 0.15) is 19.3 Å². The van der Waals surface area contributed by atoms with Crippen LogP contribution in [0.4, 0.5) is 16.2 Å². The molecular formula is C14H21N3O2. The summed E-state index contributed by atoms with van der Waals surface area (Å²) in [5, 5.41) is 8.73. The highest BCUT2D eigenvalue weighted by Crippen LogP contribution is 2.26. The highest BCUT2D eigenvalue weighted by molar-refractivity contribution is 5.97. The molecule has 0 atom stereocenters. The lowest BCUT2D eigenvalue weighted by Crippen LogP contribution is -2.32. The van der Waals surface area contributed by atoms with Crippen LogP contribution in [-0.2, 0) is 0 Å². The number of carbonyl (C=O) groups excluding carboxylic acids is 1. The molecule has 2 rings (SSSR count). The molecule has 2 amide bonds. The van der Waals surface area contributed by atoms with Gasteiger partial charge >= 0.3 is 6.03 Å². The quantitative estimate of drug-likeness (QED) is 0.606. The van der Waals surface area contributed by atoms with E-state index < -0.39 is 0 Å². The zero-order valence-electron chi connectivity index (χ0n) is 11.1. The number of anilines is 2. The molecule has 0 aliphatic carbocycles. The topological polar surface area (TPSA) is 69.8 Å². The van der Waals surface area contributed by atoms with Crippen LogP contribution < -0.4 is 10.6 Å². The Labute approximate surface area is 113 Å². The standard InChI is InChI=1S/C14H21N3O2/c15-12-6-2-3-7-13(12)17-10-9-16(14(17)19)8-4-1-5-11-18/h2-3,6-7,18H,1,4-5,8-11,15H2. The maximum Gasteiger partial charge on any atom is 0.324 e. The Morgan fingerprint density at radius 1 is 1.16 bits per heavy atom. The van der Waals surface area contributed by atoms with E-state index in [2.05, 4.69) is 0 Å². The minimum atomic E-state index is 0.0295. The van der Waals surface area contributed by atoms with Crippen LogP contribution in [0.2, 0.25) is 0 Å². The normalized spacial score (nSPS) is 15.3. The summed E-state index contributed by atoms with van der Waals surface area (Å²) in [5.41, 5.74) is 7.34. The van der Waals surface area contributed by atoms with Gasteiger partial charge in [-0.05, 0) is 31.4 Å². The van der Waals surface area contributed by atoms with Crippen LogP contribution in [0.3, 0.4) is 0 Å². The van der Waals surface area contributed by atoms with Crippen molar-refractivity contribution >= 4 is 17.4 Å². The fourth-order valence-corrected chi connectivity index (χ4v) is 2.34. The Hall–Kier alpha value is -1.75. The number of aliphatic hydroxyl groups excluding tert-OH is 1. The molecule has 0 bridgehead atoms. The van der Waals surface area contributed by atoms with Crippen LogP contribution in [0.25, 0.3) is 0 Å². The number of hydrogen-bond acceptors (Lipinski definition) is 3. The maximum absolute atomic E-state index is 12.3. The fraction of sp³-hybridized carbons (Fsp3) is 0.500. The van der Waals surface area contributed by atoms with Crippen molar-refractivity contribution in [2.75, 3.05) is 36.9 Å². The van der Waals surface area contributed by atoms with Crippen LogP contribution in [0.5, 0.6) is 0 Å². The second-order valence-corrected chi connectivity index (χ2v) is 4.76. The summed E-state index contributed by atoms with van der Waals surface area (Å²) in [4.78, 5) is 15.9. The molecule has 5 nitrogen and oxygen atoms in total. The van der Waals surface area contributed by atoms with E-state index in [1.165, 1.54) is 0 Å². The van der Waals surface area contributed by atoms with Gasteiger partial charge in [0.25, 0.3) is 0 Å². The first kappa shape index (κ1) is 13.7. The Bertz CT molecular complexity index is 436. The smallest absolute Gasteiger partial charge is 0.324 e. The SMILES string of the molecule is Nc1ccccc1N1CCN(CCCCCO)C1=O. The molecule has 0 aromatic heterocycles. The number of carbonyl (C=O) groups is 1.